The molecule has 0 atom stereocenters. The average molecular weight is 652 g/mol. The van der Waals surface area contributed by atoms with Crippen LogP contribution in [0.25, 0.3) is 36.5 Å². The van der Waals surface area contributed by atoms with Crippen molar-refractivity contribution in [3.05, 3.63) is 145 Å². The molecule has 0 saturated carbocycles. The lowest BCUT2D eigenvalue weighted by Gasteiger charge is -2.25. The third-order valence-electron chi connectivity index (χ3n) is 6.77. The molecule has 0 aliphatic rings. The first-order valence-corrected chi connectivity index (χ1v) is 15.8. The van der Waals surface area contributed by atoms with E-state index in [1.54, 1.807) is 24.3 Å². The summed E-state index contributed by atoms with van der Waals surface area (Å²) in [5.41, 5.74) is 4.36. The lowest BCUT2D eigenvalue weighted by atomic mass is 10.1. The molecular weight excluding hydrogens is 627 g/mol. The number of rotatable bonds is 11. The van der Waals surface area contributed by atoms with Gasteiger partial charge in [0, 0.05) is 36.6 Å². The van der Waals surface area contributed by atoms with E-state index >= 15 is 0 Å². The number of aliphatic carboxylic acids is 2. The van der Waals surface area contributed by atoms with Gasteiger partial charge in [0.15, 0.2) is 0 Å². The van der Waals surface area contributed by atoms with E-state index in [-0.39, 0.29) is 11.1 Å². The molecule has 3 aromatic carbocycles. The standard InChI is InChI=1S/C38H25N3O4S2/c39-24-28(37(42)43)22-35-20-18-33(46-35)16-10-26-6-12-31(13-7-26)41(30-4-2-1-3-5-30)32-14-8-27(9-15-32)11-17-34-19-21-36(47-34)23-29(25-40)38(44)45/h1-23H,(H,42,43)(H,44,45)/b16-10+,17-11+,28-22+,29-23+. The van der Waals surface area contributed by atoms with Crippen molar-refractivity contribution in [3.63, 3.8) is 0 Å². The zero-order valence-electron chi connectivity index (χ0n) is 24.6. The Kier molecular flexibility index (Phi) is 10.4. The first kappa shape index (κ1) is 32.1. The van der Waals surface area contributed by atoms with Crippen LogP contribution < -0.4 is 4.90 Å². The number of anilines is 3. The molecule has 0 saturated heterocycles. The van der Waals surface area contributed by atoms with Gasteiger partial charge in [0.05, 0.1) is 0 Å². The van der Waals surface area contributed by atoms with E-state index in [4.69, 9.17) is 20.7 Å². The minimum absolute atomic E-state index is 0.301. The van der Waals surface area contributed by atoms with Crippen LogP contribution in [-0.2, 0) is 9.59 Å². The van der Waals surface area contributed by atoms with Crippen LogP contribution >= 0.6 is 22.7 Å². The van der Waals surface area contributed by atoms with Crippen LogP contribution in [0.15, 0.2) is 114 Å². The van der Waals surface area contributed by atoms with Gasteiger partial charge < -0.3 is 15.1 Å². The molecule has 47 heavy (non-hydrogen) atoms. The number of nitrogens with zero attached hydrogens (tertiary/aromatic N) is 3. The van der Waals surface area contributed by atoms with Crippen LogP contribution in [0.3, 0.4) is 0 Å². The van der Waals surface area contributed by atoms with E-state index in [1.807, 2.05) is 78.9 Å². The molecule has 9 heteroatoms. The lowest BCUT2D eigenvalue weighted by molar-refractivity contribution is -0.133. The number of para-hydroxylation sites is 1. The fourth-order valence-corrected chi connectivity index (χ4v) is 6.20. The third kappa shape index (κ3) is 8.47. The summed E-state index contributed by atoms with van der Waals surface area (Å²) in [7, 11) is 0. The smallest absolute Gasteiger partial charge is 0.346 e. The maximum Gasteiger partial charge on any atom is 0.346 e. The molecule has 0 fully saturated rings. The van der Waals surface area contributed by atoms with Crippen LogP contribution in [0.5, 0.6) is 0 Å². The second-order valence-corrected chi connectivity index (χ2v) is 12.2. The van der Waals surface area contributed by atoms with E-state index in [9.17, 15) is 9.59 Å². The molecule has 0 bridgehead atoms. The highest BCUT2D eigenvalue weighted by atomic mass is 32.1. The molecule has 5 aromatic rings. The second kappa shape index (κ2) is 15.2. The Balaban J connectivity index is 1.32. The number of hydrogen-bond acceptors (Lipinski definition) is 7. The first-order chi connectivity index (χ1) is 22.8. The van der Waals surface area contributed by atoms with Gasteiger partial charge in [-0.1, -0.05) is 54.6 Å². The fraction of sp³-hybridized carbons (Fsp3) is 0. The number of hydrogen-bond donors (Lipinski definition) is 2. The summed E-state index contributed by atoms with van der Waals surface area (Å²) in [5, 5.41) is 36.2. The number of thiophene rings is 2. The average Bonchev–Trinajstić information content (AvgIpc) is 3.75. The summed E-state index contributed by atoms with van der Waals surface area (Å²) in [6.07, 6.45) is 10.6. The van der Waals surface area contributed by atoms with E-state index in [1.165, 1.54) is 34.8 Å². The SMILES string of the molecule is N#C/C(=C\c1ccc(/C=C/c2ccc(N(c3ccccc3)c3ccc(/C=C/c4ccc(/C=C(\C#N)C(=O)O)s4)cc3)cc2)s1)C(=O)O. The van der Waals surface area contributed by atoms with Crippen molar-refractivity contribution in [1.82, 2.24) is 0 Å². The largest absolute Gasteiger partial charge is 0.477 e. The molecule has 0 amide bonds. The first-order valence-electron chi connectivity index (χ1n) is 14.1. The van der Waals surface area contributed by atoms with Crippen molar-refractivity contribution in [1.29, 1.82) is 10.5 Å². The van der Waals surface area contributed by atoms with E-state index in [0.29, 0.717) is 9.75 Å². The molecule has 0 aliphatic heterocycles. The summed E-state index contributed by atoms with van der Waals surface area (Å²) in [5.74, 6) is -2.49. The predicted molar refractivity (Wildman–Crippen MR) is 190 cm³/mol. The Hall–Kier alpha value is -6.26. The van der Waals surface area contributed by atoms with Crippen molar-refractivity contribution in [2.45, 2.75) is 0 Å². The Morgan fingerprint density at radius 2 is 0.915 bits per heavy atom. The van der Waals surface area contributed by atoms with Crippen molar-refractivity contribution in [3.8, 4) is 12.1 Å². The summed E-state index contributed by atoms with van der Waals surface area (Å²) < 4.78 is 0. The van der Waals surface area contributed by atoms with Gasteiger partial charge in [-0.2, -0.15) is 10.5 Å². The van der Waals surface area contributed by atoms with Crippen molar-refractivity contribution < 1.29 is 19.8 Å². The zero-order chi connectivity index (χ0) is 33.2. The van der Waals surface area contributed by atoms with Crippen molar-refractivity contribution >= 4 is 88.1 Å². The van der Waals surface area contributed by atoms with Gasteiger partial charge >= 0.3 is 11.9 Å². The Morgan fingerprint density at radius 1 is 0.532 bits per heavy atom. The number of carbonyl (C=O) groups is 2. The van der Waals surface area contributed by atoms with E-state index < -0.39 is 11.9 Å². The van der Waals surface area contributed by atoms with Crippen molar-refractivity contribution in [2.24, 2.45) is 0 Å². The maximum absolute atomic E-state index is 11.1. The Labute approximate surface area is 279 Å². The highest BCUT2D eigenvalue weighted by Crippen LogP contribution is 2.35. The molecule has 2 aromatic heterocycles. The third-order valence-corrected chi connectivity index (χ3v) is 8.76. The summed E-state index contributed by atoms with van der Waals surface area (Å²) >= 11 is 2.80. The van der Waals surface area contributed by atoms with Gasteiger partial charge in [0.2, 0.25) is 0 Å². The normalized spacial score (nSPS) is 11.8. The van der Waals surface area contributed by atoms with Crippen LogP contribution in [0.4, 0.5) is 17.1 Å². The van der Waals surface area contributed by atoms with Crippen molar-refractivity contribution in [2.75, 3.05) is 4.90 Å². The minimum atomic E-state index is -1.24. The van der Waals surface area contributed by atoms with Crippen LogP contribution in [0.2, 0.25) is 0 Å². The highest BCUT2D eigenvalue weighted by Gasteiger charge is 2.12. The number of nitriles is 2. The van der Waals surface area contributed by atoms with Crippen LogP contribution in [0.1, 0.15) is 30.6 Å². The molecule has 7 nitrogen and oxygen atoms in total. The van der Waals surface area contributed by atoms with Crippen LogP contribution in [-0.4, -0.2) is 22.2 Å². The molecule has 0 unspecified atom stereocenters. The molecule has 2 N–H and O–H groups in total. The van der Waals surface area contributed by atoms with Gasteiger partial charge in [-0.05, 0) is 96.1 Å². The number of carboxylic acids is 2. The molecular formula is C38H25N3O4S2. The molecule has 5 rings (SSSR count). The van der Waals surface area contributed by atoms with E-state index in [2.05, 4.69) is 41.3 Å². The summed E-state index contributed by atoms with van der Waals surface area (Å²) in [6.45, 7) is 0. The number of benzene rings is 3. The van der Waals surface area contributed by atoms with Gasteiger partial charge in [0.25, 0.3) is 0 Å². The fourth-order valence-electron chi connectivity index (χ4n) is 4.49. The van der Waals surface area contributed by atoms with Crippen LogP contribution in [0, 0.1) is 22.7 Å². The molecule has 0 spiro atoms. The highest BCUT2D eigenvalue weighted by molar-refractivity contribution is 7.14. The van der Waals surface area contributed by atoms with Gasteiger partial charge in [-0.25, -0.2) is 9.59 Å². The summed E-state index contributed by atoms with van der Waals surface area (Å²) in [4.78, 5) is 27.7. The topological polar surface area (TPSA) is 125 Å². The summed E-state index contributed by atoms with van der Waals surface area (Å²) in [6, 6.07) is 37.2. The van der Waals surface area contributed by atoms with Gasteiger partial charge in [-0.3, -0.25) is 0 Å². The predicted octanol–water partition coefficient (Wildman–Crippen LogP) is 9.60. The molecule has 2 heterocycles. The Bertz CT molecular complexity index is 1970. The maximum atomic E-state index is 11.1. The van der Waals surface area contributed by atoms with Gasteiger partial charge in [0.1, 0.15) is 23.3 Å². The monoisotopic (exact) mass is 651 g/mol. The zero-order valence-corrected chi connectivity index (χ0v) is 26.3. The Morgan fingerprint density at radius 3 is 1.30 bits per heavy atom. The lowest BCUT2D eigenvalue weighted by Crippen LogP contribution is -2.09. The molecule has 228 valence electrons. The van der Waals surface area contributed by atoms with Gasteiger partial charge in [-0.15, -0.1) is 22.7 Å². The second-order valence-electron chi connectivity index (χ2n) is 9.95. The molecule has 0 radical (unpaired) electrons. The van der Waals surface area contributed by atoms with E-state index in [0.717, 1.165) is 37.9 Å². The minimum Gasteiger partial charge on any atom is -0.477 e. The number of carboxylic acid groups (broad SMARTS) is 2. The quantitative estimate of drug-likeness (QED) is 0.108. The molecule has 0 aliphatic carbocycles.